The number of rotatable bonds is 5. The van der Waals surface area contributed by atoms with Crippen LogP contribution in [0.5, 0.6) is 0 Å². The summed E-state index contributed by atoms with van der Waals surface area (Å²) in [6, 6.07) is 17.1. The summed E-state index contributed by atoms with van der Waals surface area (Å²) in [5.74, 6) is -1.08. The first-order chi connectivity index (χ1) is 14.0. The van der Waals surface area contributed by atoms with E-state index in [9.17, 15) is 9.59 Å². The van der Waals surface area contributed by atoms with Crippen molar-refractivity contribution in [1.82, 2.24) is 4.98 Å². The molecule has 0 saturated heterocycles. The Morgan fingerprint density at radius 1 is 1.10 bits per heavy atom. The fourth-order valence-electron chi connectivity index (χ4n) is 2.69. The Hall–Kier alpha value is -2.74. The molecular weight excluding hydrogens is 428 g/mol. The zero-order valence-electron chi connectivity index (χ0n) is 15.2. The van der Waals surface area contributed by atoms with E-state index < -0.39 is 18.0 Å². The van der Waals surface area contributed by atoms with E-state index in [0.717, 1.165) is 21.3 Å². The van der Waals surface area contributed by atoms with Crippen LogP contribution in [0.2, 0.25) is 5.02 Å². The zero-order chi connectivity index (χ0) is 20.4. The molecule has 0 radical (unpaired) electrons. The van der Waals surface area contributed by atoms with E-state index >= 15 is 0 Å². The Morgan fingerprint density at radius 2 is 1.83 bits per heavy atom. The highest BCUT2D eigenvalue weighted by Crippen LogP contribution is 2.35. The number of aromatic nitrogens is 1. The zero-order valence-corrected chi connectivity index (χ0v) is 17.6. The van der Waals surface area contributed by atoms with Crippen LogP contribution in [0.15, 0.2) is 60.0 Å². The summed E-state index contributed by atoms with van der Waals surface area (Å²) in [5.41, 5.74) is 1.73. The van der Waals surface area contributed by atoms with Gasteiger partial charge in [0, 0.05) is 21.0 Å². The van der Waals surface area contributed by atoms with Gasteiger partial charge in [-0.15, -0.1) is 22.7 Å². The molecule has 1 unspecified atom stereocenters. The molecule has 0 fully saturated rings. The van der Waals surface area contributed by atoms with Gasteiger partial charge in [0.25, 0.3) is 5.91 Å². The number of hydrogen-bond donors (Lipinski definition) is 1. The molecule has 4 aromatic rings. The first kappa shape index (κ1) is 19.6. The van der Waals surface area contributed by atoms with Gasteiger partial charge in [-0.1, -0.05) is 60.1 Å². The Bertz CT molecular complexity index is 1190. The average molecular weight is 443 g/mol. The first-order valence-corrected chi connectivity index (χ1v) is 10.8. The van der Waals surface area contributed by atoms with Crippen LogP contribution < -0.4 is 5.32 Å². The van der Waals surface area contributed by atoms with Gasteiger partial charge < -0.3 is 4.74 Å². The van der Waals surface area contributed by atoms with Crippen LogP contribution in [0, 0.1) is 0 Å². The number of anilines is 1. The number of amides is 1. The quantitative estimate of drug-likeness (QED) is 0.393. The summed E-state index contributed by atoms with van der Waals surface area (Å²) in [6.45, 7) is 1.51. The van der Waals surface area contributed by atoms with Crippen LogP contribution in [0.1, 0.15) is 16.6 Å². The number of thiazole rings is 1. The Labute approximate surface area is 179 Å². The number of halogens is 1. The molecule has 0 aliphatic heterocycles. The summed E-state index contributed by atoms with van der Waals surface area (Å²) in [4.78, 5) is 29.6. The minimum atomic E-state index is -0.993. The third-order valence-corrected chi connectivity index (χ3v) is 6.59. The fraction of sp³-hybridized carbons (Fsp3) is 0.0952. The molecule has 146 valence electrons. The largest absolute Gasteiger partial charge is 0.448 e. The van der Waals surface area contributed by atoms with Gasteiger partial charge in [0.15, 0.2) is 11.2 Å². The molecule has 1 N–H and O–H groups in total. The van der Waals surface area contributed by atoms with Crippen molar-refractivity contribution in [3.8, 4) is 11.3 Å². The summed E-state index contributed by atoms with van der Waals surface area (Å²) in [6.07, 6.45) is -0.993. The van der Waals surface area contributed by atoms with Crippen LogP contribution >= 0.6 is 34.3 Å². The maximum absolute atomic E-state index is 12.5. The van der Waals surface area contributed by atoms with Gasteiger partial charge in [0.05, 0.1) is 10.7 Å². The molecule has 1 atom stereocenters. The number of nitrogens with one attached hydrogen (secondary N) is 1. The molecule has 2 aromatic heterocycles. The first-order valence-electron chi connectivity index (χ1n) is 8.73. The van der Waals surface area contributed by atoms with Gasteiger partial charge in [0.1, 0.15) is 4.88 Å². The highest BCUT2D eigenvalue weighted by atomic mass is 35.5. The molecule has 0 bridgehead atoms. The van der Waals surface area contributed by atoms with Gasteiger partial charge in [-0.25, -0.2) is 9.78 Å². The summed E-state index contributed by atoms with van der Waals surface area (Å²) < 4.78 is 6.21. The van der Waals surface area contributed by atoms with Crippen molar-refractivity contribution in [2.45, 2.75) is 13.0 Å². The van der Waals surface area contributed by atoms with E-state index in [2.05, 4.69) is 10.3 Å². The second-order valence-corrected chi connectivity index (χ2v) is 8.47. The standard InChI is InChI=1S/C21H15ClN2O3S2/c1-12(27-20(26)18-17(22)14-9-5-6-10-16(14)29-18)19(25)24-21-23-15(11-28-21)13-7-3-2-4-8-13/h2-12H,1H3,(H,23,24,25). The molecule has 0 aliphatic carbocycles. The van der Waals surface area contributed by atoms with Crippen molar-refractivity contribution in [2.24, 2.45) is 0 Å². The van der Waals surface area contributed by atoms with Gasteiger partial charge in [-0.2, -0.15) is 0 Å². The molecule has 2 heterocycles. The predicted molar refractivity (Wildman–Crippen MR) is 118 cm³/mol. The monoisotopic (exact) mass is 442 g/mol. The number of fused-ring (bicyclic) bond motifs is 1. The van der Waals surface area contributed by atoms with Crippen molar-refractivity contribution in [3.63, 3.8) is 0 Å². The lowest BCUT2D eigenvalue weighted by molar-refractivity contribution is -0.123. The highest BCUT2D eigenvalue weighted by molar-refractivity contribution is 7.21. The van der Waals surface area contributed by atoms with Crippen LogP contribution in [0.4, 0.5) is 5.13 Å². The lowest BCUT2D eigenvalue weighted by atomic mass is 10.2. The minimum Gasteiger partial charge on any atom is -0.448 e. The minimum absolute atomic E-state index is 0.285. The Morgan fingerprint density at radius 3 is 2.59 bits per heavy atom. The molecule has 0 saturated carbocycles. The molecule has 0 aliphatic rings. The van der Waals surface area contributed by atoms with Crippen molar-refractivity contribution in [2.75, 3.05) is 5.32 Å². The van der Waals surface area contributed by atoms with E-state index in [-0.39, 0.29) is 4.88 Å². The lowest BCUT2D eigenvalue weighted by Gasteiger charge is -2.11. The van der Waals surface area contributed by atoms with E-state index in [1.54, 1.807) is 0 Å². The highest BCUT2D eigenvalue weighted by Gasteiger charge is 2.24. The number of ether oxygens (including phenoxy) is 1. The Kier molecular flexibility index (Phi) is 5.62. The molecule has 1 amide bonds. The summed E-state index contributed by atoms with van der Waals surface area (Å²) in [7, 11) is 0. The Balaban J connectivity index is 1.42. The predicted octanol–water partition coefficient (Wildman–Crippen LogP) is 5.86. The van der Waals surface area contributed by atoms with E-state index in [1.165, 1.54) is 29.6 Å². The number of hydrogen-bond acceptors (Lipinski definition) is 6. The van der Waals surface area contributed by atoms with E-state index in [0.29, 0.717) is 10.2 Å². The average Bonchev–Trinajstić information content (AvgIpc) is 3.33. The van der Waals surface area contributed by atoms with E-state index in [1.807, 2.05) is 60.0 Å². The molecular formula is C21H15ClN2O3S2. The number of carbonyl (C=O) groups excluding carboxylic acids is 2. The van der Waals surface area contributed by atoms with E-state index in [4.69, 9.17) is 16.3 Å². The maximum atomic E-state index is 12.5. The number of benzene rings is 2. The maximum Gasteiger partial charge on any atom is 0.350 e. The van der Waals surface area contributed by atoms with Crippen molar-refractivity contribution in [3.05, 3.63) is 69.9 Å². The lowest BCUT2D eigenvalue weighted by Crippen LogP contribution is -2.29. The molecule has 0 spiro atoms. The topological polar surface area (TPSA) is 68.3 Å². The number of esters is 1. The normalized spacial score (nSPS) is 11.9. The molecule has 29 heavy (non-hydrogen) atoms. The smallest absolute Gasteiger partial charge is 0.350 e. The third-order valence-electron chi connectivity index (χ3n) is 4.18. The number of carbonyl (C=O) groups is 2. The van der Waals surface area contributed by atoms with Crippen molar-refractivity contribution in [1.29, 1.82) is 0 Å². The summed E-state index contributed by atoms with van der Waals surface area (Å²) >= 11 is 8.86. The van der Waals surface area contributed by atoms with Crippen molar-refractivity contribution >= 4 is 61.4 Å². The summed E-state index contributed by atoms with van der Waals surface area (Å²) in [5, 5.41) is 6.13. The number of thiophene rings is 1. The fourth-order valence-corrected chi connectivity index (χ4v) is 4.81. The van der Waals surface area contributed by atoms with Gasteiger partial charge in [-0.3, -0.25) is 10.1 Å². The van der Waals surface area contributed by atoms with Crippen LogP contribution in [-0.4, -0.2) is 23.0 Å². The van der Waals surface area contributed by atoms with Gasteiger partial charge in [-0.05, 0) is 13.0 Å². The SMILES string of the molecule is CC(OC(=O)c1sc2ccccc2c1Cl)C(=O)Nc1nc(-c2ccccc2)cs1. The van der Waals surface area contributed by atoms with Gasteiger partial charge >= 0.3 is 5.97 Å². The van der Waals surface area contributed by atoms with Crippen LogP contribution in [-0.2, 0) is 9.53 Å². The molecule has 2 aromatic carbocycles. The third kappa shape index (κ3) is 4.17. The second-order valence-electron chi connectivity index (χ2n) is 6.18. The van der Waals surface area contributed by atoms with Crippen LogP contribution in [0.3, 0.4) is 0 Å². The van der Waals surface area contributed by atoms with Crippen molar-refractivity contribution < 1.29 is 14.3 Å². The molecule has 5 nitrogen and oxygen atoms in total. The molecule has 8 heteroatoms. The second kappa shape index (κ2) is 8.32. The molecule has 4 rings (SSSR count). The number of nitrogens with zero attached hydrogens (tertiary/aromatic N) is 1. The van der Waals surface area contributed by atoms with Gasteiger partial charge in [0.2, 0.25) is 0 Å². The van der Waals surface area contributed by atoms with Crippen LogP contribution in [0.25, 0.3) is 21.3 Å².